The van der Waals surface area contributed by atoms with Crippen LogP contribution in [0.5, 0.6) is 0 Å². The third kappa shape index (κ3) is 4.47. The number of aromatic nitrogens is 3. The molecule has 3 unspecified atom stereocenters. The normalized spacial score (nSPS) is 26.6. The predicted molar refractivity (Wildman–Crippen MR) is 123 cm³/mol. The lowest BCUT2D eigenvalue weighted by Gasteiger charge is -2.42. The van der Waals surface area contributed by atoms with Crippen LogP contribution in [0.15, 0.2) is 35.3 Å². The van der Waals surface area contributed by atoms with E-state index < -0.39 is 0 Å². The van der Waals surface area contributed by atoms with Crippen molar-refractivity contribution in [2.75, 3.05) is 26.2 Å². The Labute approximate surface area is 185 Å². The molecule has 31 heavy (non-hydrogen) atoms. The van der Waals surface area contributed by atoms with Gasteiger partial charge in [0.15, 0.2) is 11.8 Å². The molecule has 1 aromatic heterocycles. The summed E-state index contributed by atoms with van der Waals surface area (Å²) >= 11 is 0. The zero-order chi connectivity index (χ0) is 21.2. The fourth-order valence-corrected chi connectivity index (χ4v) is 5.70. The monoisotopic (exact) mass is 421 g/mol. The Bertz CT molecular complexity index is 898. The van der Waals surface area contributed by atoms with Gasteiger partial charge in [0.05, 0.1) is 13.1 Å². The van der Waals surface area contributed by atoms with E-state index in [2.05, 4.69) is 55.6 Å². The molecule has 2 bridgehead atoms. The SMILES string of the molecule is Cc1nnc(CNC(=NCc2ccccc2)N2CCN(C3CC4CCC3C4)CC2)n1C. The lowest BCUT2D eigenvalue weighted by Crippen LogP contribution is -2.55. The van der Waals surface area contributed by atoms with Crippen LogP contribution in [-0.2, 0) is 20.1 Å². The highest BCUT2D eigenvalue weighted by atomic mass is 15.4. The van der Waals surface area contributed by atoms with Crippen molar-refractivity contribution < 1.29 is 0 Å². The average Bonchev–Trinajstić information content (AvgIpc) is 3.52. The number of aryl methyl sites for hydroxylation is 1. The summed E-state index contributed by atoms with van der Waals surface area (Å²) in [5.41, 5.74) is 1.23. The van der Waals surface area contributed by atoms with Crippen LogP contribution in [0.25, 0.3) is 0 Å². The van der Waals surface area contributed by atoms with E-state index in [4.69, 9.17) is 4.99 Å². The number of hydrogen-bond donors (Lipinski definition) is 1. The summed E-state index contributed by atoms with van der Waals surface area (Å²) in [7, 11) is 2.02. The second-order valence-corrected chi connectivity index (χ2v) is 9.47. The Kier molecular flexibility index (Phi) is 5.94. The van der Waals surface area contributed by atoms with E-state index in [0.29, 0.717) is 13.1 Å². The summed E-state index contributed by atoms with van der Waals surface area (Å²) in [6.45, 7) is 7.66. The first-order valence-electron chi connectivity index (χ1n) is 11.8. The van der Waals surface area contributed by atoms with Crippen molar-refractivity contribution in [3.63, 3.8) is 0 Å². The second kappa shape index (κ2) is 8.99. The van der Waals surface area contributed by atoms with Gasteiger partial charge in [0.2, 0.25) is 0 Å². The molecule has 1 N–H and O–H groups in total. The third-order valence-electron chi connectivity index (χ3n) is 7.63. The van der Waals surface area contributed by atoms with Gasteiger partial charge in [-0.1, -0.05) is 36.8 Å². The van der Waals surface area contributed by atoms with Gasteiger partial charge in [-0.2, -0.15) is 0 Å². The first-order valence-corrected chi connectivity index (χ1v) is 11.8. The number of nitrogens with zero attached hydrogens (tertiary/aromatic N) is 6. The highest BCUT2D eigenvalue weighted by Crippen LogP contribution is 2.46. The summed E-state index contributed by atoms with van der Waals surface area (Å²) in [5.74, 6) is 4.81. The minimum Gasteiger partial charge on any atom is -0.349 e. The molecule has 2 aliphatic carbocycles. The second-order valence-electron chi connectivity index (χ2n) is 9.47. The largest absolute Gasteiger partial charge is 0.349 e. The molecule has 3 fully saturated rings. The van der Waals surface area contributed by atoms with Crippen molar-refractivity contribution in [3.8, 4) is 0 Å². The van der Waals surface area contributed by atoms with Crippen molar-refractivity contribution in [3.05, 3.63) is 47.5 Å². The van der Waals surface area contributed by atoms with Crippen molar-refractivity contribution in [2.45, 2.75) is 51.7 Å². The van der Waals surface area contributed by atoms with Crippen LogP contribution < -0.4 is 5.32 Å². The van der Waals surface area contributed by atoms with Crippen LogP contribution in [0, 0.1) is 18.8 Å². The van der Waals surface area contributed by atoms with Crippen LogP contribution >= 0.6 is 0 Å². The Morgan fingerprint density at radius 2 is 1.87 bits per heavy atom. The molecule has 7 heteroatoms. The first kappa shape index (κ1) is 20.5. The topological polar surface area (TPSA) is 61.6 Å². The fourth-order valence-electron chi connectivity index (χ4n) is 5.70. The van der Waals surface area contributed by atoms with E-state index in [9.17, 15) is 0 Å². The van der Waals surface area contributed by atoms with Gasteiger partial charge < -0.3 is 14.8 Å². The Balaban J connectivity index is 1.24. The van der Waals surface area contributed by atoms with Crippen molar-refractivity contribution in [2.24, 2.45) is 23.9 Å². The molecular weight excluding hydrogens is 386 g/mol. The van der Waals surface area contributed by atoms with Crippen LogP contribution in [0.4, 0.5) is 0 Å². The van der Waals surface area contributed by atoms with Gasteiger partial charge in [-0.25, -0.2) is 4.99 Å². The van der Waals surface area contributed by atoms with E-state index in [1.54, 1.807) is 0 Å². The van der Waals surface area contributed by atoms with Crippen LogP contribution in [0.3, 0.4) is 0 Å². The summed E-state index contributed by atoms with van der Waals surface area (Å²) in [5, 5.41) is 12.1. The molecule has 1 saturated heterocycles. The van der Waals surface area contributed by atoms with E-state index in [0.717, 1.165) is 61.7 Å². The molecule has 2 saturated carbocycles. The Morgan fingerprint density at radius 3 is 2.52 bits per heavy atom. The maximum atomic E-state index is 4.99. The molecular formula is C24H35N7. The average molecular weight is 422 g/mol. The number of guanidine groups is 1. The van der Waals surface area contributed by atoms with Gasteiger partial charge >= 0.3 is 0 Å². The lowest BCUT2D eigenvalue weighted by atomic mass is 9.93. The molecule has 2 heterocycles. The molecule has 5 rings (SSSR count). The predicted octanol–water partition coefficient (Wildman–Crippen LogP) is 2.58. The maximum Gasteiger partial charge on any atom is 0.194 e. The minimum atomic E-state index is 0.636. The van der Waals surface area contributed by atoms with Gasteiger partial charge in [-0.3, -0.25) is 4.90 Å². The molecule has 0 radical (unpaired) electrons. The number of hydrogen-bond acceptors (Lipinski definition) is 4. The van der Waals surface area contributed by atoms with Crippen LogP contribution in [0.1, 0.15) is 42.9 Å². The van der Waals surface area contributed by atoms with E-state index in [-0.39, 0.29) is 0 Å². The molecule has 3 atom stereocenters. The minimum absolute atomic E-state index is 0.636. The van der Waals surface area contributed by atoms with Gasteiger partial charge in [-0.05, 0) is 43.6 Å². The molecule has 0 amide bonds. The molecule has 0 spiro atoms. The number of rotatable bonds is 5. The fraction of sp³-hybridized carbons (Fsp3) is 0.625. The number of piperazine rings is 1. The number of fused-ring (bicyclic) bond motifs is 2. The smallest absolute Gasteiger partial charge is 0.194 e. The first-order chi connectivity index (χ1) is 15.2. The van der Waals surface area contributed by atoms with Gasteiger partial charge in [-0.15, -0.1) is 10.2 Å². The van der Waals surface area contributed by atoms with Crippen molar-refractivity contribution in [1.29, 1.82) is 0 Å². The number of nitrogens with one attached hydrogen (secondary N) is 1. The quantitative estimate of drug-likeness (QED) is 0.594. The third-order valence-corrected chi connectivity index (χ3v) is 7.63. The molecule has 1 aromatic carbocycles. The standard InChI is InChI=1S/C24H35N7/c1-18-27-28-23(29(18)2)17-26-24(25-16-19-6-4-3-5-7-19)31-12-10-30(11-13-31)22-15-20-8-9-21(22)14-20/h3-7,20-22H,8-17H2,1-2H3,(H,25,26). The molecule has 3 aliphatic rings. The zero-order valence-corrected chi connectivity index (χ0v) is 18.9. The van der Waals surface area contributed by atoms with Crippen LogP contribution in [-0.4, -0.2) is 62.7 Å². The zero-order valence-electron chi connectivity index (χ0n) is 18.9. The summed E-state index contributed by atoms with van der Waals surface area (Å²) in [6, 6.07) is 11.3. The molecule has 2 aromatic rings. The van der Waals surface area contributed by atoms with Gasteiger partial charge in [0, 0.05) is 39.3 Å². The number of benzene rings is 1. The van der Waals surface area contributed by atoms with Crippen molar-refractivity contribution >= 4 is 5.96 Å². The maximum absolute atomic E-state index is 4.99. The number of aliphatic imine (C=N–C) groups is 1. The summed E-state index contributed by atoms with van der Waals surface area (Å²) < 4.78 is 2.04. The van der Waals surface area contributed by atoms with Gasteiger partial charge in [0.1, 0.15) is 5.82 Å². The van der Waals surface area contributed by atoms with E-state index in [1.165, 1.54) is 31.2 Å². The summed E-state index contributed by atoms with van der Waals surface area (Å²) in [6.07, 6.45) is 5.84. The van der Waals surface area contributed by atoms with Crippen molar-refractivity contribution in [1.82, 2.24) is 29.9 Å². The van der Waals surface area contributed by atoms with Crippen LogP contribution in [0.2, 0.25) is 0 Å². The highest BCUT2D eigenvalue weighted by molar-refractivity contribution is 5.80. The van der Waals surface area contributed by atoms with E-state index >= 15 is 0 Å². The Morgan fingerprint density at radius 1 is 1.06 bits per heavy atom. The van der Waals surface area contributed by atoms with E-state index in [1.807, 2.05) is 18.5 Å². The Hall–Kier alpha value is -2.41. The highest BCUT2D eigenvalue weighted by Gasteiger charge is 2.42. The molecule has 166 valence electrons. The molecule has 1 aliphatic heterocycles. The summed E-state index contributed by atoms with van der Waals surface area (Å²) in [4.78, 5) is 10.2. The van der Waals surface area contributed by atoms with Gasteiger partial charge in [0.25, 0.3) is 0 Å². The lowest BCUT2D eigenvalue weighted by molar-refractivity contribution is 0.0957. The molecule has 7 nitrogen and oxygen atoms in total.